The molecule has 0 unspecified atom stereocenters. The lowest BCUT2D eigenvalue weighted by Crippen LogP contribution is -2.14. The molecule has 7 nitrogen and oxygen atoms in total. The van der Waals surface area contributed by atoms with Crippen LogP contribution in [0.2, 0.25) is 0 Å². The highest BCUT2D eigenvalue weighted by Gasteiger charge is 2.19. The molecule has 1 amide bonds. The van der Waals surface area contributed by atoms with Crippen LogP contribution in [0.15, 0.2) is 54.7 Å². The van der Waals surface area contributed by atoms with Crippen molar-refractivity contribution in [2.75, 3.05) is 26.6 Å². The number of hydrogen-bond donors (Lipinski definition) is 1. The third kappa shape index (κ3) is 3.61. The molecule has 0 atom stereocenters. The van der Waals surface area contributed by atoms with Gasteiger partial charge in [-0.2, -0.15) is 5.10 Å². The summed E-state index contributed by atoms with van der Waals surface area (Å²) in [5.41, 5.74) is 1.54. The number of nitrogens with zero attached hydrogens (tertiary/aromatic N) is 2. The Balaban J connectivity index is 1.89. The van der Waals surface area contributed by atoms with Gasteiger partial charge in [0.2, 0.25) is 0 Å². The summed E-state index contributed by atoms with van der Waals surface area (Å²) in [6.45, 7) is 0. The normalized spacial score (nSPS) is 10.3. The van der Waals surface area contributed by atoms with Crippen LogP contribution in [0.5, 0.6) is 17.2 Å². The van der Waals surface area contributed by atoms with Crippen LogP contribution < -0.4 is 19.5 Å². The summed E-state index contributed by atoms with van der Waals surface area (Å²) in [6, 6.07) is 14.6. The second-order valence-electron chi connectivity index (χ2n) is 5.38. The highest BCUT2D eigenvalue weighted by Crippen LogP contribution is 2.27. The van der Waals surface area contributed by atoms with Crippen molar-refractivity contribution in [3.05, 3.63) is 60.4 Å². The van der Waals surface area contributed by atoms with Crippen molar-refractivity contribution in [3.8, 4) is 22.9 Å². The van der Waals surface area contributed by atoms with Crippen LogP contribution in [0, 0.1) is 0 Å². The zero-order chi connectivity index (χ0) is 18.5. The highest BCUT2D eigenvalue weighted by atomic mass is 16.5. The third-order valence-corrected chi connectivity index (χ3v) is 3.75. The highest BCUT2D eigenvalue weighted by molar-refractivity contribution is 6.04. The van der Waals surface area contributed by atoms with Crippen LogP contribution in [0.1, 0.15) is 10.5 Å². The van der Waals surface area contributed by atoms with Gasteiger partial charge in [0.25, 0.3) is 5.91 Å². The van der Waals surface area contributed by atoms with E-state index < -0.39 is 5.91 Å². The van der Waals surface area contributed by atoms with Gasteiger partial charge < -0.3 is 19.5 Å². The summed E-state index contributed by atoms with van der Waals surface area (Å²) in [5.74, 6) is 1.12. The SMILES string of the molecule is COc1cc(NC(=O)c2nn(-c3ccccc3)cc2OC)cc(OC)c1. The smallest absolute Gasteiger partial charge is 0.280 e. The van der Waals surface area contributed by atoms with Gasteiger partial charge in [-0.05, 0) is 12.1 Å². The molecule has 0 saturated heterocycles. The minimum atomic E-state index is -0.396. The first kappa shape index (κ1) is 17.3. The van der Waals surface area contributed by atoms with Gasteiger partial charge in [0.15, 0.2) is 11.4 Å². The topological polar surface area (TPSA) is 74.6 Å². The van der Waals surface area contributed by atoms with Gasteiger partial charge in [0.05, 0.1) is 33.2 Å². The van der Waals surface area contributed by atoms with E-state index in [1.165, 1.54) is 7.11 Å². The Bertz CT molecular complexity index is 884. The van der Waals surface area contributed by atoms with Crippen molar-refractivity contribution in [1.29, 1.82) is 0 Å². The summed E-state index contributed by atoms with van der Waals surface area (Å²) in [5, 5.41) is 7.14. The minimum Gasteiger partial charge on any atom is -0.497 e. The molecule has 0 bridgehead atoms. The molecule has 0 saturated carbocycles. The van der Waals surface area contributed by atoms with Crippen molar-refractivity contribution in [2.24, 2.45) is 0 Å². The van der Waals surface area contributed by atoms with Crippen LogP contribution >= 0.6 is 0 Å². The summed E-state index contributed by atoms with van der Waals surface area (Å²) in [4.78, 5) is 12.7. The average Bonchev–Trinajstić information content (AvgIpc) is 3.13. The molecule has 0 spiro atoms. The first-order valence-electron chi connectivity index (χ1n) is 7.88. The Morgan fingerprint density at radius 3 is 2.19 bits per heavy atom. The molecule has 0 aliphatic carbocycles. The number of rotatable bonds is 6. The quantitative estimate of drug-likeness (QED) is 0.737. The van der Waals surface area contributed by atoms with E-state index in [0.717, 1.165) is 5.69 Å². The van der Waals surface area contributed by atoms with Gasteiger partial charge in [-0.3, -0.25) is 4.79 Å². The van der Waals surface area contributed by atoms with E-state index >= 15 is 0 Å². The molecule has 0 aliphatic heterocycles. The predicted molar refractivity (Wildman–Crippen MR) is 97.6 cm³/mol. The second kappa shape index (κ2) is 7.60. The van der Waals surface area contributed by atoms with Gasteiger partial charge >= 0.3 is 0 Å². The van der Waals surface area contributed by atoms with Crippen LogP contribution in [-0.2, 0) is 0 Å². The Morgan fingerprint density at radius 2 is 1.62 bits per heavy atom. The number of hydrogen-bond acceptors (Lipinski definition) is 5. The number of anilines is 1. The number of aromatic nitrogens is 2. The maximum atomic E-state index is 12.7. The van der Waals surface area contributed by atoms with E-state index in [-0.39, 0.29) is 5.69 Å². The predicted octanol–water partition coefficient (Wildman–Crippen LogP) is 3.15. The number of methoxy groups -OCH3 is 3. The summed E-state index contributed by atoms with van der Waals surface area (Å²) in [7, 11) is 4.59. The Morgan fingerprint density at radius 1 is 0.962 bits per heavy atom. The molecule has 3 rings (SSSR count). The average molecular weight is 353 g/mol. The molecular formula is C19H19N3O4. The molecule has 7 heteroatoms. The number of carbonyl (C=O) groups is 1. The molecule has 134 valence electrons. The van der Waals surface area contributed by atoms with Crippen molar-refractivity contribution < 1.29 is 19.0 Å². The van der Waals surface area contributed by atoms with E-state index in [0.29, 0.717) is 22.9 Å². The lowest BCUT2D eigenvalue weighted by molar-refractivity contribution is 0.101. The molecule has 1 N–H and O–H groups in total. The van der Waals surface area contributed by atoms with Crippen molar-refractivity contribution in [3.63, 3.8) is 0 Å². The Hall–Kier alpha value is -3.48. The van der Waals surface area contributed by atoms with E-state index in [4.69, 9.17) is 14.2 Å². The van der Waals surface area contributed by atoms with Gasteiger partial charge in [0.1, 0.15) is 11.5 Å². The zero-order valence-electron chi connectivity index (χ0n) is 14.7. The number of para-hydroxylation sites is 1. The number of nitrogens with one attached hydrogen (secondary N) is 1. The number of ether oxygens (including phenoxy) is 3. The fourth-order valence-corrected chi connectivity index (χ4v) is 2.45. The molecular weight excluding hydrogens is 334 g/mol. The van der Waals surface area contributed by atoms with Gasteiger partial charge in [-0.15, -0.1) is 0 Å². The summed E-state index contributed by atoms with van der Waals surface area (Å²) < 4.78 is 17.3. The molecule has 2 aromatic carbocycles. The lowest BCUT2D eigenvalue weighted by atomic mass is 10.2. The largest absolute Gasteiger partial charge is 0.497 e. The molecule has 0 fully saturated rings. The Kier molecular flexibility index (Phi) is 5.07. The van der Waals surface area contributed by atoms with Gasteiger partial charge in [-0.1, -0.05) is 18.2 Å². The molecule has 0 radical (unpaired) electrons. The molecule has 26 heavy (non-hydrogen) atoms. The fourth-order valence-electron chi connectivity index (χ4n) is 2.45. The van der Waals surface area contributed by atoms with Gasteiger partial charge in [0, 0.05) is 23.9 Å². The summed E-state index contributed by atoms with van der Waals surface area (Å²) in [6.07, 6.45) is 1.66. The van der Waals surface area contributed by atoms with E-state index in [9.17, 15) is 4.79 Å². The lowest BCUT2D eigenvalue weighted by Gasteiger charge is -2.09. The monoisotopic (exact) mass is 353 g/mol. The molecule has 1 aromatic heterocycles. The first-order valence-corrected chi connectivity index (χ1v) is 7.88. The fraction of sp³-hybridized carbons (Fsp3) is 0.158. The van der Waals surface area contributed by atoms with Crippen molar-refractivity contribution in [2.45, 2.75) is 0 Å². The minimum absolute atomic E-state index is 0.179. The molecule has 1 heterocycles. The van der Waals surface area contributed by atoms with E-state index in [1.807, 2.05) is 30.3 Å². The van der Waals surface area contributed by atoms with E-state index in [1.54, 1.807) is 43.3 Å². The molecule has 3 aromatic rings. The summed E-state index contributed by atoms with van der Waals surface area (Å²) >= 11 is 0. The van der Waals surface area contributed by atoms with Crippen LogP contribution in [0.25, 0.3) is 5.69 Å². The third-order valence-electron chi connectivity index (χ3n) is 3.75. The Labute approximate surface area is 151 Å². The number of carbonyl (C=O) groups excluding carboxylic acids is 1. The standard InChI is InChI=1S/C19H19N3O4/c1-24-15-9-13(10-16(11-15)25-2)20-19(23)18-17(26-3)12-22(21-18)14-7-5-4-6-8-14/h4-12H,1-3H3,(H,20,23). The number of benzene rings is 2. The van der Waals surface area contributed by atoms with Gasteiger partial charge in [-0.25, -0.2) is 4.68 Å². The van der Waals surface area contributed by atoms with Crippen LogP contribution in [0.4, 0.5) is 5.69 Å². The second-order valence-corrected chi connectivity index (χ2v) is 5.38. The van der Waals surface area contributed by atoms with E-state index in [2.05, 4.69) is 10.4 Å². The van der Waals surface area contributed by atoms with Crippen LogP contribution in [0.3, 0.4) is 0 Å². The first-order chi connectivity index (χ1) is 12.6. The van der Waals surface area contributed by atoms with Crippen LogP contribution in [-0.4, -0.2) is 37.0 Å². The number of amides is 1. The zero-order valence-corrected chi connectivity index (χ0v) is 14.7. The van der Waals surface area contributed by atoms with Crippen molar-refractivity contribution >= 4 is 11.6 Å². The molecule has 0 aliphatic rings. The van der Waals surface area contributed by atoms with Crippen molar-refractivity contribution in [1.82, 2.24) is 9.78 Å². The maximum absolute atomic E-state index is 12.7. The maximum Gasteiger partial charge on any atom is 0.280 e.